The summed E-state index contributed by atoms with van der Waals surface area (Å²) in [5.41, 5.74) is 0.296. The van der Waals surface area contributed by atoms with Gasteiger partial charge in [0, 0.05) is 0 Å². The van der Waals surface area contributed by atoms with Crippen molar-refractivity contribution in [3.63, 3.8) is 0 Å². The van der Waals surface area contributed by atoms with E-state index in [4.69, 9.17) is 23.2 Å². The van der Waals surface area contributed by atoms with Crippen LogP contribution < -0.4 is 0 Å². The number of rotatable bonds is 0. The Bertz CT molecular complexity index is 474. The first-order valence-corrected chi connectivity index (χ1v) is 4.06. The highest BCUT2D eigenvalue weighted by Gasteiger charge is 2.09. The minimum atomic E-state index is -0.556. The minimum absolute atomic E-state index is 0.00472. The van der Waals surface area contributed by atoms with Crippen LogP contribution in [0, 0.1) is 5.82 Å². The van der Waals surface area contributed by atoms with E-state index in [9.17, 15) is 4.39 Å². The zero-order chi connectivity index (χ0) is 9.42. The molecular weight excluding hydrogens is 216 g/mol. The molecule has 0 aliphatic carbocycles. The molecule has 0 aliphatic rings. The van der Waals surface area contributed by atoms with Crippen molar-refractivity contribution in [2.75, 3.05) is 0 Å². The molecule has 0 N–H and O–H groups in total. The fraction of sp³-hybridized carbons (Fsp3) is 0. The minimum Gasteiger partial charge on any atom is -0.259 e. The van der Waals surface area contributed by atoms with E-state index in [0.717, 1.165) is 6.20 Å². The molecule has 0 aromatic carbocycles. The summed E-state index contributed by atoms with van der Waals surface area (Å²) in [6.07, 6.45) is 2.42. The SMILES string of the molecule is Fc1cncc2nc(Cl)nc(Cl)c12. The van der Waals surface area contributed by atoms with Crippen LogP contribution in [0.5, 0.6) is 0 Å². The Balaban J connectivity index is 2.94. The molecule has 6 heteroatoms. The van der Waals surface area contributed by atoms with Crippen LogP contribution in [0.4, 0.5) is 4.39 Å². The van der Waals surface area contributed by atoms with Crippen molar-refractivity contribution in [3.8, 4) is 0 Å². The molecule has 0 unspecified atom stereocenters. The van der Waals surface area contributed by atoms with Gasteiger partial charge in [-0.05, 0) is 11.6 Å². The molecule has 2 heterocycles. The molecule has 0 bridgehead atoms. The predicted molar refractivity (Wildman–Crippen MR) is 47.3 cm³/mol. The zero-order valence-corrected chi connectivity index (χ0v) is 7.64. The molecule has 66 valence electrons. The number of aromatic nitrogens is 3. The highest BCUT2D eigenvalue weighted by Crippen LogP contribution is 2.23. The molecule has 0 saturated heterocycles. The molecule has 2 aromatic heterocycles. The summed E-state index contributed by atoms with van der Waals surface area (Å²) in [6.45, 7) is 0. The van der Waals surface area contributed by atoms with Crippen LogP contribution in [-0.2, 0) is 0 Å². The third-order valence-electron chi connectivity index (χ3n) is 1.49. The molecule has 0 atom stereocenters. The Kier molecular flexibility index (Phi) is 2.01. The number of pyridine rings is 1. The monoisotopic (exact) mass is 217 g/mol. The number of nitrogens with zero attached hydrogens (tertiary/aromatic N) is 3. The van der Waals surface area contributed by atoms with Crippen LogP contribution in [0.15, 0.2) is 12.4 Å². The summed E-state index contributed by atoms with van der Waals surface area (Å²) >= 11 is 11.2. The molecule has 2 aromatic rings. The first kappa shape index (κ1) is 8.59. The van der Waals surface area contributed by atoms with Gasteiger partial charge in [-0.15, -0.1) is 0 Å². The highest BCUT2D eigenvalue weighted by molar-refractivity contribution is 6.35. The molecule has 0 fully saturated rings. The van der Waals surface area contributed by atoms with E-state index < -0.39 is 5.82 Å². The molecule has 3 nitrogen and oxygen atoms in total. The van der Waals surface area contributed by atoms with Gasteiger partial charge < -0.3 is 0 Å². The second kappa shape index (κ2) is 3.05. The van der Waals surface area contributed by atoms with Gasteiger partial charge in [0.1, 0.15) is 5.15 Å². The van der Waals surface area contributed by atoms with Gasteiger partial charge in [0.05, 0.1) is 23.3 Å². The Hall–Kier alpha value is -1.00. The van der Waals surface area contributed by atoms with E-state index in [2.05, 4.69) is 15.0 Å². The Morgan fingerprint density at radius 3 is 2.69 bits per heavy atom. The van der Waals surface area contributed by atoms with Crippen molar-refractivity contribution in [1.82, 2.24) is 15.0 Å². The molecular formula is C7H2Cl2FN3. The van der Waals surface area contributed by atoms with Crippen molar-refractivity contribution in [2.24, 2.45) is 0 Å². The fourth-order valence-electron chi connectivity index (χ4n) is 0.975. The maximum Gasteiger partial charge on any atom is 0.224 e. The Labute approximate surface area is 82.5 Å². The predicted octanol–water partition coefficient (Wildman–Crippen LogP) is 2.47. The number of fused-ring (bicyclic) bond motifs is 1. The maximum atomic E-state index is 13.1. The van der Waals surface area contributed by atoms with E-state index in [1.54, 1.807) is 0 Å². The van der Waals surface area contributed by atoms with Crippen LogP contribution in [0.3, 0.4) is 0 Å². The van der Waals surface area contributed by atoms with Gasteiger partial charge in [-0.1, -0.05) is 11.6 Å². The summed E-state index contributed by atoms with van der Waals surface area (Å²) in [4.78, 5) is 11.0. The van der Waals surface area contributed by atoms with Gasteiger partial charge in [-0.3, -0.25) is 4.98 Å². The number of hydrogen-bond donors (Lipinski definition) is 0. The van der Waals surface area contributed by atoms with Crippen LogP contribution in [0.25, 0.3) is 10.9 Å². The lowest BCUT2D eigenvalue weighted by Crippen LogP contribution is -1.90. The second-order valence-corrected chi connectivity index (χ2v) is 2.99. The van der Waals surface area contributed by atoms with Crippen molar-refractivity contribution < 1.29 is 4.39 Å². The zero-order valence-electron chi connectivity index (χ0n) is 6.13. The van der Waals surface area contributed by atoms with Crippen LogP contribution in [0.2, 0.25) is 10.4 Å². The van der Waals surface area contributed by atoms with E-state index in [-0.39, 0.29) is 15.8 Å². The summed E-state index contributed by atoms with van der Waals surface area (Å²) in [7, 11) is 0. The van der Waals surface area contributed by atoms with E-state index in [0.29, 0.717) is 5.52 Å². The van der Waals surface area contributed by atoms with Crippen LogP contribution in [-0.4, -0.2) is 15.0 Å². The first-order chi connectivity index (χ1) is 6.18. The summed E-state index contributed by atoms with van der Waals surface area (Å²) in [5.74, 6) is -0.556. The normalized spacial score (nSPS) is 10.7. The van der Waals surface area contributed by atoms with Gasteiger partial charge in [0.2, 0.25) is 5.28 Å². The second-order valence-electron chi connectivity index (χ2n) is 2.30. The lowest BCUT2D eigenvalue weighted by molar-refractivity contribution is 0.633. The van der Waals surface area contributed by atoms with Crippen molar-refractivity contribution >= 4 is 34.1 Å². The van der Waals surface area contributed by atoms with Crippen LogP contribution in [0.1, 0.15) is 0 Å². The first-order valence-electron chi connectivity index (χ1n) is 3.31. The fourth-order valence-corrected chi connectivity index (χ4v) is 1.46. The molecule has 0 amide bonds. The summed E-state index contributed by atoms with van der Waals surface area (Å²) in [5, 5.41) is 0.112. The topological polar surface area (TPSA) is 38.7 Å². The van der Waals surface area contributed by atoms with Crippen molar-refractivity contribution in [2.45, 2.75) is 0 Å². The van der Waals surface area contributed by atoms with Gasteiger partial charge >= 0.3 is 0 Å². The molecule has 0 spiro atoms. The Morgan fingerprint density at radius 1 is 1.15 bits per heavy atom. The third kappa shape index (κ3) is 1.43. The average molecular weight is 218 g/mol. The van der Waals surface area contributed by atoms with Gasteiger partial charge in [-0.25, -0.2) is 14.4 Å². The smallest absolute Gasteiger partial charge is 0.224 e. The number of hydrogen-bond acceptors (Lipinski definition) is 3. The van der Waals surface area contributed by atoms with Crippen LogP contribution >= 0.6 is 23.2 Å². The molecule has 0 aliphatic heterocycles. The van der Waals surface area contributed by atoms with Crippen molar-refractivity contribution in [3.05, 3.63) is 28.6 Å². The Morgan fingerprint density at radius 2 is 1.92 bits per heavy atom. The van der Waals surface area contributed by atoms with E-state index in [1.165, 1.54) is 6.20 Å². The van der Waals surface area contributed by atoms with Gasteiger partial charge in [0.25, 0.3) is 0 Å². The molecule has 0 saturated carbocycles. The average Bonchev–Trinajstić information content (AvgIpc) is 2.02. The molecule has 13 heavy (non-hydrogen) atoms. The van der Waals surface area contributed by atoms with Crippen molar-refractivity contribution in [1.29, 1.82) is 0 Å². The third-order valence-corrected chi connectivity index (χ3v) is 1.93. The standard InChI is InChI=1S/C7H2Cl2FN3/c8-6-5-3(10)1-11-2-4(5)12-7(9)13-6/h1-2H. The quantitative estimate of drug-likeness (QED) is 0.503. The van der Waals surface area contributed by atoms with Gasteiger partial charge in [-0.2, -0.15) is 0 Å². The summed E-state index contributed by atoms with van der Waals surface area (Å²) in [6, 6.07) is 0. The van der Waals surface area contributed by atoms with E-state index >= 15 is 0 Å². The lowest BCUT2D eigenvalue weighted by Gasteiger charge is -1.99. The number of halogens is 3. The highest BCUT2D eigenvalue weighted by atomic mass is 35.5. The molecule has 2 rings (SSSR count). The largest absolute Gasteiger partial charge is 0.259 e. The van der Waals surface area contributed by atoms with E-state index in [1.807, 2.05) is 0 Å². The summed E-state index contributed by atoms with van der Waals surface area (Å²) < 4.78 is 13.1. The maximum absolute atomic E-state index is 13.1. The lowest BCUT2D eigenvalue weighted by atomic mass is 10.3. The molecule has 0 radical (unpaired) electrons. The van der Waals surface area contributed by atoms with Gasteiger partial charge in [0.15, 0.2) is 5.82 Å².